The Bertz CT molecular complexity index is 580. The van der Waals surface area contributed by atoms with Gasteiger partial charge in [-0.05, 0) is 49.5 Å². The quantitative estimate of drug-likeness (QED) is 0.760. The lowest BCUT2D eigenvalue weighted by molar-refractivity contribution is -0.132. The number of carbonyl (C=O) groups is 2. The van der Waals surface area contributed by atoms with Gasteiger partial charge in [0.15, 0.2) is 0 Å². The number of hydrogen-bond donors (Lipinski definition) is 0. The minimum Gasteiger partial charge on any atom is -0.376 e. The summed E-state index contributed by atoms with van der Waals surface area (Å²) in [6.07, 6.45) is 6.45. The topological polar surface area (TPSA) is 43.4 Å². The van der Waals surface area contributed by atoms with E-state index in [2.05, 4.69) is 6.92 Å². The molecule has 25 heavy (non-hydrogen) atoms. The van der Waals surface area contributed by atoms with Gasteiger partial charge >= 0.3 is 0 Å². The third kappa shape index (κ3) is 4.78. The first-order valence-electron chi connectivity index (χ1n) is 9.84. The summed E-state index contributed by atoms with van der Waals surface area (Å²) >= 11 is 0. The summed E-state index contributed by atoms with van der Waals surface area (Å²) in [7, 11) is 0. The van der Waals surface area contributed by atoms with Crippen LogP contribution < -0.4 is 0 Å². The van der Waals surface area contributed by atoms with Crippen LogP contribution >= 0.6 is 0 Å². The normalized spacial score (nSPS) is 30.4. The van der Waals surface area contributed by atoms with E-state index in [1.54, 1.807) is 0 Å². The second-order valence-corrected chi connectivity index (χ2v) is 7.82. The summed E-state index contributed by atoms with van der Waals surface area (Å²) in [6.45, 7) is 3.21. The minimum absolute atomic E-state index is 0.0441. The maximum atomic E-state index is 12.5. The third-order valence-electron chi connectivity index (χ3n) is 6.20. The largest absolute Gasteiger partial charge is 0.376 e. The lowest BCUT2D eigenvalue weighted by Crippen LogP contribution is -2.35. The molecule has 0 N–H and O–H groups in total. The van der Waals surface area contributed by atoms with E-state index in [1.807, 2.05) is 30.3 Å². The van der Waals surface area contributed by atoms with Crippen molar-refractivity contribution in [1.82, 2.24) is 0 Å². The first-order chi connectivity index (χ1) is 12.2. The summed E-state index contributed by atoms with van der Waals surface area (Å²) in [6, 6.07) is 10.1. The molecular weight excluding hydrogens is 312 g/mol. The summed E-state index contributed by atoms with van der Waals surface area (Å²) in [4.78, 5) is 24.7. The first-order valence-corrected chi connectivity index (χ1v) is 9.84. The molecule has 1 aromatic rings. The number of Topliss-reactive ketones (excluding diaryl/α,β-unsaturated/α-hetero) is 2. The summed E-state index contributed by atoms with van der Waals surface area (Å²) in [5.41, 5.74) is 1.15. The average molecular weight is 342 g/mol. The Morgan fingerprint density at radius 1 is 0.880 bits per heavy atom. The summed E-state index contributed by atoms with van der Waals surface area (Å²) < 4.78 is 5.78. The zero-order valence-electron chi connectivity index (χ0n) is 15.3. The lowest BCUT2D eigenvalue weighted by atomic mass is 9.68. The Morgan fingerprint density at radius 3 is 2.04 bits per heavy atom. The number of ether oxygens (including phenoxy) is 1. The van der Waals surface area contributed by atoms with Crippen molar-refractivity contribution in [1.29, 1.82) is 0 Å². The average Bonchev–Trinajstić information content (AvgIpc) is 2.64. The van der Waals surface area contributed by atoms with Crippen LogP contribution in [0.2, 0.25) is 0 Å². The molecule has 2 aliphatic carbocycles. The summed E-state index contributed by atoms with van der Waals surface area (Å²) in [5.74, 6) is 1.94. The van der Waals surface area contributed by atoms with Crippen molar-refractivity contribution in [3.63, 3.8) is 0 Å². The lowest BCUT2D eigenvalue weighted by Gasteiger charge is -2.36. The number of carbonyl (C=O) groups excluding carboxylic acids is 2. The third-order valence-corrected chi connectivity index (χ3v) is 6.20. The maximum absolute atomic E-state index is 12.5. The zero-order chi connectivity index (χ0) is 17.6. The predicted octanol–water partition coefficient (Wildman–Crippen LogP) is 4.58. The van der Waals surface area contributed by atoms with Crippen molar-refractivity contribution in [3.05, 3.63) is 35.9 Å². The molecule has 2 saturated carbocycles. The highest BCUT2D eigenvalue weighted by molar-refractivity contribution is 5.83. The van der Waals surface area contributed by atoms with Crippen LogP contribution in [0.5, 0.6) is 0 Å². The van der Waals surface area contributed by atoms with Crippen LogP contribution in [0.1, 0.15) is 57.4 Å². The van der Waals surface area contributed by atoms with E-state index in [4.69, 9.17) is 4.74 Å². The minimum atomic E-state index is 0.0441. The Morgan fingerprint density at radius 2 is 1.48 bits per heavy atom. The monoisotopic (exact) mass is 342 g/mol. The summed E-state index contributed by atoms with van der Waals surface area (Å²) in [5, 5.41) is 0. The zero-order valence-corrected chi connectivity index (χ0v) is 15.3. The SMILES string of the molecule is CCC1CCC(C2CCC(COCc3ccccc3)C(=O)C2)CC1=O. The molecule has 2 aliphatic rings. The maximum Gasteiger partial charge on any atom is 0.138 e. The standard InChI is InChI=1S/C22H30O3/c1-2-17-8-9-18(12-21(17)23)19-10-11-20(22(24)13-19)15-25-14-16-6-4-3-5-7-16/h3-7,17-20H,2,8-15H2,1H3. The van der Waals surface area contributed by atoms with Crippen LogP contribution in [0.4, 0.5) is 0 Å². The highest BCUT2D eigenvalue weighted by atomic mass is 16.5. The van der Waals surface area contributed by atoms with Crippen LogP contribution in [0.15, 0.2) is 30.3 Å². The van der Waals surface area contributed by atoms with Gasteiger partial charge < -0.3 is 4.74 Å². The number of hydrogen-bond acceptors (Lipinski definition) is 3. The van der Waals surface area contributed by atoms with Gasteiger partial charge in [0.2, 0.25) is 0 Å². The van der Waals surface area contributed by atoms with Crippen molar-refractivity contribution in [3.8, 4) is 0 Å². The van der Waals surface area contributed by atoms with Gasteiger partial charge in [-0.15, -0.1) is 0 Å². The number of benzene rings is 1. The second kappa shape index (κ2) is 8.75. The number of rotatable bonds is 6. The Balaban J connectivity index is 1.43. The molecule has 3 rings (SSSR count). The molecule has 4 atom stereocenters. The highest BCUT2D eigenvalue weighted by Crippen LogP contribution is 2.39. The van der Waals surface area contributed by atoms with Crippen LogP contribution in [0.25, 0.3) is 0 Å². The van der Waals surface area contributed by atoms with Gasteiger partial charge in [-0.1, -0.05) is 37.3 Å². The van der Waals surface area contributed by atoms with Crippen LogP contribution in [0.3, 0.4) is 0 Å². The van der Waals surface area contributed by atoms with Gasteiger partial charge in [0, 0.05) is 24.7 Å². The molecule has 0 aliphatic heterocycles. The van der Waals surface area contributed by atoms with E-state index in [1.165, 1.54) is 0 Å². The molecular formula is C22H30O3. The van der Waals surface area contributed by atoms with Crippen LogP contribution in [0, 0.1) is 23.7 Å². The van der Waals surface area contributed by atoms with Gasteiger partial charge in [0.25, 0.3) is 0 Å². The molecule has 0 amide bonds. The Labute approximate surface area is 151 Å². The van der Waals surface area contributed by atoms with E-state index in [0.717, 1.165) is 37.7 Å². The molecule has 0 heterocycles. The number of ketones is 2. The fraction of sp³-hybridized carbons (Fsp3) is 0.636. The van der Waals surface area contributed by atoms with Crippen molar-refractivity contribution in [2.45, 2.75) is 58.5 Å². The molecule has 3 heteroatoms. The molecule has 3 nitrogen and oxygen atoms in total. The van der Waals surface area contributed by atoms with Gasteiger partial charge in [0.1, 0.15) is 11.6 Å². The van der Waals surface area contributed by atoms with Gasteiger partial charge in [0.05, 0.1) is 13.2 Å². The predicted molar refractivity (Wildman–Crippen MR) is 98.1 cm³/mol. The fourth-order valence-corrected chi connectivity index (χ4v) is 4.51. The molecule has 0 radical (unpaired) electrons. The van der Waals surface area contributed by atoms with E-state index >= 15 is 0 Å². The van der Waals surface area contributed by atoms with Gasteiger partial charge in [-0.3, -0.25) is 9.59 Å². The molecule has 4 unspecified atom stereocenters. The molecule has 0 aromatic heterocycles. The molecule has 0 bridgehead atoms. The smallest absolute Gasteiger partial charge is 0.138 e. The molecule has 0 spiro atoms. The Hall–Kier alpha value is -1.48. The Kier molecular flexibility index (Phi) is 6.41. The van der Waals surface area contributed by atoms with Crippen molar-refractivity contribution < 1.29 is 14.3 Å². The molecule has 136 valence electrons. The molecule has 0 saturated heterocycles. The van der Waals surface area contributed by atoms with E-state index < -0.39 is 0 Å². The van der Waals surface area contributed by atoms with Crippen molar-refractivity contribution in [2.24, 2.45) is 23.7 Å². The molecule has 2 fully saturated rings. The van der Waals surface area contributed by atoms with Crippen LogP contribution in [-0.4, -0.2) is 18.2 Å². The second-order valence-electron chi connectivity index (χ2n) is 7.82. The van der Waals surface area contributed by atoms with E-state index in [0.29, 0.717) is 49.5 Å². The fourth-order valence-electron chi connectivity index (χ4n) is 4.51. The van der Waals surface area contributed by atoms with Gasteiger partial charge in [-0.2, -0.15) is 0 Å². The van der Waals surface area contributed by atoms with Crippen molar-refractivity contribution >= 4 is 11.6 Å². The van der Waals surface area contributed by atoms with Crippen LogP contribution in [-0.2, 0) is 20.9 Å². The van der Waals surface area contributed by atoms with E-state index in [-0.39, 0.29) is 11.8 Å². The van der Waals surface area contributed by atoms with Crippen molar-refractivity contribution in [2.75, 3.05) is 6.61 Å². The molecule has 1 aromatic carbocycles. The van der Waals surface area contributed by atoms with E-state index in [9.17, 15) is 9.59 Å². The first kappa shape index (κ1) is 18.3. The highest BCUT2D eigenvalue weighted by Gasteiger charge is 2.37. The van der Waals surface area contributed by atoms with Gasteiger partial charge in [-0.25, -0.2) is 0 Å².